The number of anilines is 1. The van der Waals surface area contributed by atoms with Crippen molar-refractivity contribution < 1.29 is 21.6 Å². The van der Waals surface area contributed by atoms with Crippen molar-refractivity contribution >= 4 is 52.3 Å². The second-order valence-electron chi connectivity index (χ2n) is 7.58. The molecule has 0 aliphatic rings. The summed E-state index contributed by atoms with van der Waals surface area (Å²) in [6.45, 7) is 1.74. The van der Waals surface area contributed by atoms with Crippen molar-refractivity contribution in [2.24, 2.45) is 0 Å². The van der Waals surface area contributed by atoms with Crippen molar-refractivity contribution in [3.8, 4) is 0 Å². The monoisotopic (exact) mass is 515 g/mol. The second-order valence-corrected chi connectivity index (χ2v) is 12.9. The van der Waals surface area contributed by atoms with Crippen LogP contribution < -0.4 is 4.90 Å². The highest BCUT2D eigenvalue weighted by molar-refractivity contribution is 7.91. The Morgan fingerprint density at radius 1 is 1.00 bits per heavy atom. The van der Waals surface area contributed by atoms with Gasteiger partial charge in [-0.25, -0.2) is 21.8 Å². The van der Waals surface area contributed by atoms with Gasteiger partial charge in [-0.05, 0) is 54.1 Å². The van der Waals surface area contributed by atoms with Gasteiger partial charge < -0.3 is 0 Å². The van der Waals surface area contributed by atoms with E-state index in [9.17, 15) is 21.6 Å². The van der Waals surface area contributed by atoms with E-state index in [0.717, 1.165) is 11.8 Å². The maximum Gasteiger partial charge on any atom is 0.260 e. The molecule has 0 atom stereocenters. The van der Waals surface area contributed by atoms with Crippen molar-refractivity contribution in [3.63, 3.8) is 0 Å². The molecule has 0 spiro atoms. The number of aromatic nitrogens is 2. The summed E-state index contributed by atoms with van der Waals surface area (Å²) in [5, 5.41) is 0.389. The number of fused-ring (bicyclic) bond motifs is 1. The van der Waals surface area contributed by atoms with E-state index in [-0.39, 0.29) is 28.0 Å². The predicted octanol–water partition coefficient (Wildman–Crippen LogP) is 3.74. The summed E-state index contributed by atoms with van der Waals surface area (Å²) in [4.78, 5) is 24.0. The number of pyridine rings is 1. The Hall–Kier alpha value is -3.15. The molecule has 4 rings (SSSR count). The summed E-state index contributed by atoms with van der Waals surface area (Å²) in [6.07, 6.45) is 4.41. The topological polar surface area (TPSA) is 114 Å². The molecule has 2 heterocycles. The van der Waals surface area contributed by atoms with E-state index >= 15 is 0 Å². The van der Waals surface area contributed by atoms with Gasteiger partial charge in [0.15, 0.2) is 24.8 Å². The molecule has 0 aliphatic heterocycles. The van der Waals surface area contributed by atoms with Crippen LogP contribution >= 0.6 is 11.3 Å². The smallest absolute Gasteiger partial charge is 0.260 e. The first-order chi connectivity index (χ1) is 16.1. The van der Waals surface area contributed by atoms with Gasteiger partial charge in [-0.1, -0.05) is 24.3 Å². The molecule has 4 aromatic rings. The molecule has 0 N–H and O–H groups in total. The molecule has 2 aromatic carbocycles. The van der Waals surface area contributed by atoms with E-state index in [1.54, 1.807) is 37.5 Å². The van der Waals surface area contributed by atoms with Crippen LogP contribution in [0.1, 0.15) is 22.8 Å². The molecular weight excluding hydrogens is 494 g/mol. The quantitative estimate of drug-likeness (QED) is 0.368. The summed E-state index contributed by atoms with van der Waals surface area (Å²) >= 11 is 1.20. The lowest BCUT2D eigenvalue weighted by atomic mass is 10.2. The van der Waals surface area contributed by atoms with Gasteiger partial charge in [0.1, 0.15) is 0 Å². The summed E-state index contributed by atoms with van der Waals surface area (Å²) in [5.74, 6) is -0.402. The third kappa shape index (κ3) is 5.01. The fraction of sp³-hybridized carbons (Fsp3) is 0.174. The zero-order valence-electron chi connectivity index (χ0n) is 18.4. The summed E-state index contributed by atoms with van der Waals surface area (Å²) < 4.78 is 48.8. The van der Waals surface area contributed by atoms with Gasteiger partial charge in [0.2, 0.25) is 0 Å². The molecule has 34 heavy (non-hydrogen) atoms. The Balaban J connectivity index is 1.76. The van der Waals surface area contributed by atoms with Gasteiger partial charge >= 0.3 is 0 Å². The predicted molar refractivity (Wildman–Crippen MR) is 132 cm³/mol. The van der Waals surface area contributed by atoms with Crippen LogP contribution in [0.3, 0.4) is 0 Å². The largest absolute Gasteiger partial charge is 0.279 e. The van der Waals surface area contributed by atoms with Gasteiger partial charge in [-0.3, -0.25) is 14.7 Å². The van der Waals surface area contributed by atoms with Crippen molar-refractivity contribution in [2.75, 3.05) is 16.9 Å². The molecule has 2 aromatic heterocycles. The maximum absolute atomic E-state index is 13.5. The number of thiazole rings is 1. The fourth-order valence-corrected chi connectivity index (χ4v) is 5.88. The van der Waals surface area contributed by atoms with Crippen molar-refractivity contribution in [1.82, 2.24) is 9.97 Å². The minimum Gasteiger partial charge on any atom is -0.279 e. The first kappa shape index (κ1) is 24.0. The lowest BCUT2D eigenvalue weighted by molar-refractivity contribution is 0.0985. The zero-order valence-corrected chi connectivity index (χ0v) is 20.8. The van der Waals surface area contributed by atoms with Crippen LogP contribution in [0, 0.1) is 0 Å². The van der Waals surface area contributed by atoms with Crippen LogP contribution in [0.2, 0.25) is 0 Å². The first-order valence-corrected chi connectivity index (χ1v) is 14.6. The van der Waals surface area contributed by atoms with Crippen molar-refractivity contribution in [1.29, 1.82) is 0 Å². The minimum atomic E-state index is -3.39. The molecule has 176 valence electrons. The molecule has 1 amide bonds. The van der Waals surface area contributed by atoms with Crippen LogP contribution in [-0.4, -0.2) is 44.7 Å². The number of sulfone groups is 2. The number of rotatable bonds is 7. The summed E-state index contributed by atoms with van der Waals surface area (Å²) in [5.41, 5.74) is 1.65. The standard InChI is InChI=1S/C23H21N3O5S3/c1-3-34(30,31)18-8-6-17(7-9-18)22(27)26(15-16-5-4-12-24-14-16)23-25-20-11-10-19(33(2,28)29)13-21(20)32-23/h4-14H,3,15H2,1-2H3. The maximum atomic E-state index is 13.5. The van der Waals surface area contributed by atoms with Gasteiger partial charge in [0, 0.05) is 24.2 Å². The van der Waals surface area contributed by atoms with Crippen LogP contribution in [0.25, 0.3) is 10.2 Å². The SMILES string of the molecule is CCS(=O)(=O)c1ccc(C(=O)N(Cc2cccnc2)c2nc3ccc(S(C)(=O)=O)cc3s2)cc1. The summed E-state index contributed by atoms with van der Waals surface area (Å²) in [7, 11) is -6.78. The number of nitrogens with zero attached hydrogens (tertiary/aromatic N) is 3. The normalized spacial score (nSPS) is 12.1. The minimum absolute atomic E-state index is 0.0331. The molecular formula is C23H21N3O5S3. The number of amides is 1. The van der Waals surface area contributed by atoms with Crippen molar-refractivity contribution in [2.45, 2.75) is 23.3 Å². The Morgan fingerprint density at radius 2 is 1.71 bits per heavy atom. The first-order valence-electron chi connectivity index (χ1n) is 10.2. The van der Waals surface area contributed by atoms with E-state index in [1.165, 1.54) is 46.6 Å². The third-order valence-corrected chi connectivity index (χ3v) is 9.06. The Bertz CT molecular complexity index is 1560. The van der Waals surface area contributed by atoms with Gasteiger partial charge in [-0.15, -0.1) is 0 Å². The summed E-state index contributed by atoms with van der Waals surface area (Å²) in [6, 6.07) is 14.0. The lowest BCUT2D eigenvalue weighted by Gasteiger charge is -2.20. The Morgan fingerprint density at radius 3 is 2.32 bits per heavy atom. The molecule has 0 unspecified atom stereocenters. The molecule has 8 nitrogen and oxygen atoms in total. The van der Waals surface area contributed by atoms with Crippen LogP contribution in [-0.2, 0) is 26.2 Å². The van der Waals surface area contributed by atoms with Gasteiger partial charge in [-0.2, -0.15) is 0 Å². The highest BCUT2D eigenvalue weighted by Gasteiger charge is 2.23. The molecule has 11 heteroatoms. The molecule has 0 saturated heterocycles. The average Bonchev–Trinajstić information content (AvgIpc) is 3.25. The molecule has 0 saturated carbocycles. The number of hydrogen-bond acceptors (Lipinski definition) is 8. The van der Waals surface area contributed by atoms with Gasteiger partial charge in [0.25, 0.3) is 5.91 Å². The highest BCUT2D eigenvalue weighted by atomic mass is 32.2. The van der Waals surface area contributed by atoms with Crippen LogP contribution in [0.4, 0.5) is 5.13 Å². The van der Waals surface area contributed by atoms with Crippen LogP contribution in [0.15, 0.2) is 76.8 Å². The second kappa shape index (κ2) is 9.24. The molecule has 0 aliphatic carbocycles. The molecule has 0 radical (unpaired) electrons. The van der Waals surface area contributed by atoms with Crippen LogP contribution in [0.5, 0.6) is 0 Å². The Labute approximate surface area is 201 Å². The highest BCUT2D eigenvalue weighted by Crippen LogP contribution is 2.32. The van der Waals surface area contributed by atoms with E-state index < -0.39 is 19.7 Å². The van der Waals surface area contributed by atoms with E-state index in [2.05, 4.69) is 9.97 Å². The van der Waals surface area contributed by atoms with Gasteiger partial charge in [0.05, 0.1) is 32.3 Å². The zero-order chi connectivity index (χ0) is 24.5. The molecule has 0 bridgehead atoms. The number of benzene rings is 2. The average molecular weight is 516 g/mol. The Kier molecular flexibility index (Phi) is 6.52. The molecule has 0 fully saturated rings. The van der Waals surface area contributed by atoms with E-state index in [4.69, 9.17) is 0 Å². The van der Waals surface area contributed by atoms with E-state index in [0.29, 0.717) is 20.9 Å². The number of carbonyl (C=O) groups is 1. The number of carbonyl (C=O) groups excluding carboxylic acids is 1. The fourth-order valence-electron chi connectivity index (χ4n) is 3.27. The lowest BCUT2D eigenvalue weighted by Crippen LogP contribution is -2.30. The van der Waals surface area contributed by atoms with E-state index in [1.807, 2.05) is 6.07 Å². The van der Waals surface area contributed by atoms with Crippen molar-refractivity contribution in [3.05, 3.63) is 78.1 Å². The number of hydrogen-bond donors (Lipinski definition) is 0. The third-order valence-electron chi connectivity index (χ3n) is 5.16.